The average molecular weight is 478 g/mol. The lowest BCUT2D eigenvalue weighted by Gasteiger charge is -2.01. The lowest BCUT2D eigenvalue weighted by molar-refractivity contribution is -0.404. The number of nitrogens with zero attached hydrogens (tertiary/aromatic N) is 3. The normalized spacial score (nSPS) is 10.1. The van der Waals surface area contributed by atoms with Gasteiger partial charge in [0.15, 0.2) is 5.17 Å². The summed E-state index contributed by atoms with van der Waals surface area (Å²) in [6, 6.07) is 0.894. The van der Waals surface area contributed by atoms with E-state index >= 15 is 0 Å². The summed E-state index contributed by atoms with van der Waals surface area (Å²) in [6.45, 7) is 2.25. The maximum absolute atomic E-state index is 10.4. The summed E-state index contributed by atoms with van der Waals surface area (Å²) in [5, 5.41) is 47.5. The molecule has 0 saturated heterocycles. The number of hydrogen-bond donors (Lipinski definition) is 3. The minimum absolute atomic E-state index is 0.246. The highest BCUT2D eigenvalue weighted by atomic mass is 32.2. The topological polar surface area (TPSA) is 200 Å². The number of phenols is 1. The number of nitrogens with two attached hydrogens (primary N) is 1. The highest BCUT2D eigenvalue weighted by molar-refractivity contribution is 8.14. The van der Waals surface area contributed by atoms with Crippen LogP contribution in [0.25, 0.3) is 0 Å². The number of thioether (sulfide) groups is 2. The monoisotopic (exact) mass is 477 g/mol. The number of non-ortho nitro benzene ring substituents is 1. The molecule has 0 aliphatic rings. The van der Waals surface area contributed by atoms with E-state index in [0.29, 0.717) is 12.1 Å². The van der Waals surface area contributed by atoms with Crippen molar-refractivity contribution in [1.29, 1.82) is 5.41 Å². The molecule has 0 atom stereocenters. The number of aromatic hydroxyl groups is 1. The molecule has 1 aromatic rings. The zero-order valence-electron chi connectivity index (χ0n) is 17.2. The molecule has 0 aromatic heterocycles. The van der Waals surface area contributed by atoms with Gasteiger partial charge in [0.1, 0.15) is 0 Å². The molecule has 12 nitrogen and oxygen atoms in total. The Kier molecular flexibility index (Phi) is 14.8. The fraction of sp³-hybridized carbons (Fsp3) is 0.588. The number of nitro benzene ring substituents is 3. The number of nitro groups is 3. The Morgan fingerprint density at radius 2 is 1.45 bits per heavy atom. The molecule has 0 aliphatic heterocycles. The Balaban J connectivity index is 0.000000582. The van der Waals surface area contributed by atoms with E-state index in [9.17, 15) is 30.3 Å². The molecule has 0 spiro atoms. The molecule has 0 heterocycles. The van der Waals surface area contributed by atoms with Crippen LogP contribution in [0.15, 0.2) is 12.1 Å². The van der Waals surface area contributed by atoms with Gasteiger partial charge in [-0.15, -0.1) is 0 Å². The molecule has 0 aliphatic carbocycles. The van der Waals surface area contributed by atoms with Crippen molar-refractivity contribution in [2.24, 2.45) is 5.73 Å². The first-order valence-corrected chi connectivity index (χ1v) is 11.6. The van der Waals surface area contributed by atoms with E-state index in [-0.39, 0.29) is 5.17 Å². The fourth-order valence-corrected chi connectivity index (χ4v) is 3.91. The maximum Gasteiger partial charge on any atom is 0.324 e. The van der Waals surface area contributed by atoms with Gasteiger partial charge >= 0.3 is 11.4 Å². The minimum Gasteiger partial charge on any atom is -0.497 e. The molecule has 0 saturated carbocycles. The number of rotatable bonds is 13. The summed E-state index contributed by atoms with van der Waals surface area (Å²) < 4.78 is 0. The number of amidine groups is 1. The van der Waals surface area contributed by atoms with Crippen LogP contribution in [0.1, 0.15) is 45.4 Å². The van der Waals surface area contributed by atoms with E-state index in [4.69, 9.17) is 16.2 Å². The molecular formula is C17H27N5O7S2. The third-order valence-corrected chi connectivity index (χ3v) is 5.83. The van der Waals surface area contributed by atoms with Gasteiger partial charge in [0.2, 0.25) is 0 Å². The Morgan fingerprint density at radius 1 is 0.935 bits per heavy atom. The summed E-state index contributed by atoms with van der Waals surface area (Å²) in [5.41, 5.74) is 2.24. The van der Waals surface area contributed by atoms with Crippen molar-refractivity contribution in [3.8, 4) is 5.75 Å². The Hall–Kier alpha value is -2.61. The van der Waals surface area contributed by atoms with Crippen LogP contribution in [0, 0.1) is 35.8 Å². The van der Waals surface area contributed by atoms with Crippen LogP contribution in [0.5, 0.6) is 5.75 Å². The lowest BCUT2D eigenvalue weighted by atomic mass is 10.1. The molecule has 1 aromatic carbocycles. The second-order valence-electron chi connectivity index (χ2n) is 6.20. The minimum atomic E-state index is -1.21. The number of unbranched alkanes of at least 4 members (excludes halogenated alkanes) is 5. The summed E-state index contributed by atoms with van der Waals surface area (Å²) >= 11 is 3.43. The Morgan fingerprint density at radius 3 is 1.90 bits per heavy atom. The predicted molar refractivity (Wildman–Crippen MR) is 123 cm³/mol. The average Bonchev–Trinajstić information content (AvgIpc) is 2.69. The molecule has 0 fully saturated rings. The molecular weight excluding hydrogens is 450 g/mol. The Labute approximate surface area is 187 Å². The molecule has 0 amide bonds. The van der Waals surface area contributed by atoms with Gasteiger partial charge in [-0.2, -0.15) is 11.8 Å². The highest BCUT2D eigenvalue weighted by Crippen LogP contribution is 2.38. The summed E-state index contributed by atoms with van der Waals surface area (Å²) in [6.07, 6.45) is 8.25. The highest BCUT2D eigenvalue weighted by Gasteiger charge is 2.30. The van der Waals surface area contributed by atoms with Crippen LogP contribution in [-0.4, -0.2) is 42.3 Å². The molecule has 4 N–H and O–H groups in total. The predicted octanol–water partition coefficient (Wildman–Crippen LogP) is 4.82. The standard InChI is InChI=1S/C11H24N2S2.C6H3N3O7/c1-2-3-4-5-6-7-8-14-9-10-15-11(12)13;10-6-4(8(13)14)1-3(7(11)12)2-5(6)9(15)16/h2-10H2,1H3,(H3,12,13);1-2,10H. The first-order valence-electron chi connectivity index (χ1n) is 9.46. The van der Waals surface area contributed by atoms with E-state index in [0.717, 1.165) is 11.5 Å². The molecule has 0 bridgehead atoms. The van der Waals surface area contributed by atoms with Crippen LogP contribution in [-0.2, 0) is 0 Å². The largest absolute Gasteiger partial charge is 0.497 e. The molecule has 1 rings (SSSR count). The number of phenolic OH excluding ortho intramolecular Hbond substituents is 1. The number of benzene rings is 1. The van der Waals surface area contributed by atoms with Crippen LogP contribution < -0.4 is 5.73 Å². The maximum atomic E-state index is 10.4. The van der Waals surface area contributed by atoms with Gasteiger partial charge in [-0.1, -0.05) is 50.8 Å². The van der Waals surface area contributed by atoms with Crippen LogP contribution in [0.2, 0.25) is 0 Å². The lowest BCUT2D eigenvalue weighted by Crippen LogP contribution is -2.05. The van der Waals surface area contributed by atoms with E-state index in [1.165, 1.54) is 56.0 Å². The number of nitrogens with one attached hydrogen (secondary N) is 1. The van der Waals surface area contributed by atoms with Gasteiger partial charge in [-0.05, 0) is 12.2 Å². The Bertz CT molecular complexity index is 729. The van der Waals surface area contributed by atoms with E-state index in [1.807, 2.05) is 11.8 Å². The summed E-state index contributed by atoms with van der Waals surface area (Å²) in [4.78, 5) is 27.8. The van der Waals surface area contributed by atoms with Crippen molar-refractivity contribution in [3.05, 3.63) is 42.5 Å². The fourth-order valence-electron chi connectivity index (χ4n) is 2.27. The quantitative estimate of drug-likeness (QED) is 0.116. The zero-order valence-corrected chi connectivity index (χ0v) is 18.8. The summed E-state index contributed by atoms with van der Waals surface area (Å²) in [7, 11) is 0. The van der Waals surface area contributed by atoms with Crippen molar-refractivity contribution >= 4 is 45.8 Å². The van der Waals surface area contributed by atoms with Gasteiger partial charge in [0, 0.05) is 11.5 Å². The van der Waals surface area contributed by atoms with E-state index in [1.54, 1.807) is 0 Å². The van der Waals surface area contributed by atoms with E-state index < -0.39 is 37.6 Å². The molecule has 0 radical (unpaired) electrons. The van der Waals surface area contributed by atoms with Crippen LogP contribution >= 0.6 is 23.5 Å². The van der Waals surface area contributed by atoms with Gasteiger partial charge in [0.25, 0.3) is 11.4 Å². The van der Waals surface area contributed by atoms with Crippen molar-refractivity contribution in [2.45, 2.75) is 45.4 Å². The first-order chi connectivity index (χ1) is 14.6. The molecule has 14 heteroatoms. The van der Waals surface area contributed by atoms with Crippen molar-refractivity contribution in [1.82, 2.24) is 0 Å². The van der Waals surface area contributed by atoms with Crippen molar-refractivity contribution < 1.29 is 19.9 Å². The SMILES string of the molecule is CCCCCCCCSCCSC(=N)N.O=[N+]([O-])c1cc([N+](=O)[O-])c(O)c([N+](=O)[O-])c1. The second-order valence-corrected chi connectivity index (χ2v) is 8.56. The van der Waals surface area contributed by atoms with Crippen LogP contribution in [0.4, 0.5) is 17.1 Å². The molecule has 31 heavy (non-hydrogen) atoms. The van der Waals surface area contributed by atoms with E-state index in [2.05, 4.69) is 6.92 Å². The molecule has 174 valence electrons. The number of hydrogen-bond acceptors (Lipinski definition) is 10. The third kappa shape index (κ3) is 12.6. The van der Waals surface area contributed by atoms with Crippen molar-refractivity contribution in [2.75, 3.05) is 17.3 Å². The first kappa shape index (κ1) is 28.4. The van der Waals surface area contributed by atoms with Gasteiger partial charge in [-0.3, -0.25) is 35.8 Å². The van der Waals surface area contributed by atoms with Gasteiger partial charge in [-0.25, -0.2) is 0 Å². The third-order valence-electron chi connectivity index (χ3n) is 3.79. The molecule has 0 unspecified atom stereocenters. The second kappa shape index (κ2) is 16.1. The smallest absolute Gasteiger partial charge is 0.324 e. The van der Waals surface area contributed by atoms with Gasteiger partial charge < -0.3 is 10.8 Å². The van der Waals surface area contributed by atoms with Gasteiger partial charge in [0.05, 0.1) is 26.9 Å². The van der Waals surface area contributed by atoms with Crippen molar-refractivity contribution in [3.63, 3.8) is 0 Å². The summed E-state index contributed by atoms with van der Waals surface area (Å²) in [5.74, 6) is 2.17. The van der Waals surface area contributed by atoms with Crippen LogP contribution in [0.3, 0.4) is 0 Å². The zero-order chi connectivity index (χ0) is 23.8.